The molecule has 0 atom stereocenters. The molecule has 0 radical (unpaired) electrons. The summed E-state index contributed by atoms with van der Waals surface area (Å²) in [6.45, 7) is 1.56. The van der Waals surface area contributed by atoms with Gasteiger partial charge in [-0.3, -0.25) is 0 Å². The molecular formula is C11H15NOS. The lowest BCUT2D eigenvalue weighted by molar-refractivity contribution is -0.0748. The van der Waals surface area contributed by atoms with Crippen LogP contribution in [0.15, 0.2) is 29.2 Å². The Balaban J connectivity index is 2.23. The van der Waals surface area contributed by atoms with Gasteiger partial charge in [0.25, 0.3) is 0 Å². The van der Waals surface area contributed by atoms with Crippen LogP contribution in [0.4, 0.5) is 0 Å². The van der Waals surface area contributed by atoms with Crippen molar-refractivity contribution in [2.24, 2.45) is 0 Å². The monoisotopic (exact) mass is 209 g/mol. The van der Waals surface area contributed by atoms with Gasteiger partial charge in [-0.05, 0) is 31.0 Å². The molecule has 1 saturated heterocycles. The Morgan fingerprint density at radius 1 is 1.29 bits per heavy atom. The molecule has 1 aromatic rings. The van der Waals surface area contributed by atoms with Crippen LogP contribution in [0.3, 0.4) is 0 Å². The van der Waals surface area contributed by atoms with Gasteiger partial charge in [0.15, 0.2) is 0 Å². The van der Waals surface area contributed by atoms with E-state index in [0.29, 0.717) is 0 Å². The zero-order chi connectivity index (χ0) is 10.0. The lowest BCUT2D eigenvalue weighted by Crippen LogP contribution is -2.56. The van der Waals surface area contributed by atoms with Crippen molar-refractivity contribution in [3.8, 4) is 0 Å². The first kappa shape index (κ1) is 10.0. The lowest BCUT2D eigenvalue weighted by atomic mass is 9.88. The van der Waals surface area contributed by atoms with Crippen LogP contribution >= 0.6 is 11.8 Å². The summed E-state index contributed by atoms with van der Waals surface area (Å²) in [6, 6.07) is 8.70. The van der Waals surface area contributed by atoms with Gasteiger partial charge in [-0.25, -0.2) is 0 Å². The van der Waals surface area contributed by atoms with Crippen molar-refractivity contribution in [2.45, 2.75) is 10.4 Å². The van der Waals surface area contributed by atoms with E-state index in [-0.39, 0.29) is 5.54 Å². The van der Waals surface area contributed by atoms with Gasteiger partial charge in [0, 0.05) is 4.90 Å². The molecule has 1 N–H and O–H groups in total. The highest BCUT2D eigenvalue weighted by atomic mass is 32.2. The van der Waals surface area contributed by atoms with Gasteiger partial charge in [-0.2, -0.15) is 0 Å². The largest absolute Gasteiger partial charge is 0.377 e. The molecule has 0 unspecified atom stereocenters. The standard InChI is InChI=1S/C11H15NOS/c1-12-11(7-13-8-11)9-3-5-10(14-2)6-4-9/h3-6,12H,7-8H2,1-2H3. The zero-order valence-electron chi connectivity index (χ0n) is 8.54. The number of likely N-dealkylation sites (N-methyl/N-ethyl adjacent to an activating group) is 1. The van der Waals surface area contributed by atoms with E-state index in [9.17, 15) is 0 Å². The van der Waals surface area contributed by atoms with Crippen molar-refractivity contribution in [1.82, 2.24) is 5.32 Å². The van der Waals surface area contributed by atoms with Crippen LogP contribution in [0.1, 0.15) is 5.56 Å². The van der Waals surface area contributed by atoms with E-state index in [0.717, 1.165) is 13.2 Å². The molecule has 1 heterocycles. The van der Waals surface area contributed by atoms with Crippen LogP contribution in [-0.4, -0.2) is 26.5 Å². The SMILES string of the molecule is CNC1(c2ccc(SC)cc2)COC1. The molecule has 0 amide bonds. The van der Waals surface area contributed by atoms with Crippen LogP contribution in [0.25, 0.3) is 0 Å². The molecule has 1 fully saturated rings. The number of hydrogen-bond donors (Lipinski definition) is 1. The first-order valence-electron chi connectivity index (χ1n) is 4.72. The molecule has 1 aromatic carbocycles. The summed E-state index contributed by atoms with van der Waals surface area (Å²) in [5, 5.41) is 3.34. The normalized spacial score (nSPS) is 19.0. The Hall–Kier alpha value is -0.510. The Bertz CT molecular complexity index is 300. The Kier molecular flexibility index (Phi) is 2.81. The predicted octanol–water partition coefficient (Wildman–Crippen LogP) is 1.85. The van der Waals surface area contributed by atoms with E-state index < -0.39 is 0 Å². The maximum atomic E-state index is 5.27. The molecule has 2 rings (SSSR count). The molecule has 2 nitrogen and oxygen atoms in total. The van der Waals surface area contributed by atoms with Crippen LogP contribution in [0.2, 0.25) is 0 Å². The predicted molar refractivity (Wildman–Crippen MR) is 59.8 cm³/mol. The molecular weight excluding hydrogens is 194 g/mol. The second-order valence-corrected chi connectivity index (χ2v) is 4.43. The van der Waals surface area contributed by atoms with E-state index in [1.165, 1.54) is 10.5 Å². The molecule has 0 aliphatic carbocycles. The van der Waals surface area contributed by atoms with E-state index in [2.05, 4.69) is 35.8 Å². The van der Waals surface area contributed by atoms with E-state index in [1.54, 1.807) is 11.8 Å². The molecule has 0 saturated carbocycles. The van der Waals surface area contributed by atoms with Gasteiger partial charge >= 0.3 is 0 Å². The van der Waals surface area contributed by atoms with Gasteiger partial charge < -0.3 is 10.1 Å². The Labute approximate surface area is 89.0 Å². The van der Waals surface area contributed by atoms with E-state index in [4.69, 9.17) is 4.74 Å². The molecule has 76 valence electrons. The summed E-state index contributed by atoms with van der Waals surface area (Å²) in [4.78, 5) is 1.31. The summed E-state index contributed by atoms with van der Waals surface area (Å²) in [7, 11) is 1.99. The molecule has 0 spiro atoms. The fourth-order valence-corrected chi connectivity index (χ4v) is 2.08. The van der Waals surface area contributed by atoms with Crippen molar-refractivity contribution in [1.29, 1.82) is 0 Å². The number of rotatable bonds is 3. The second kappa shape index (κ2) is 3.93. The number of benzene rings is 1. The minimum Gasteiger partial charge on any atom is -0.377 e. The maximum absolute atomic E-state index is 5.27. The first-order chi connectivity index (χ1) is 6.80. The zero-order valence-corrected chi connectivity index (χ0v) is 9.36. The third-order valence-electron chi connectivity index (χ3n) is 2.82. The first-order valence-corrected chi connectivity index (χ1v) is 5.94. The molecule has 0 bridgehead atoms. The van der Waals surface area contributed by atoms with Crippen molar-refractivity contribution in [2.75, 3.05) is 26.5 Å². The van der Waals surface area contributed by atoms with Crippen LogP contribution in [0.5, 0.6) is 0 Å². The van der Waals surface area contributed by atoms with Crippen molar-refractivity contribution in [3.63, 3.8) is 0 Å². The summed E-state index contributed by atoms with van der Waals surface area (Å²) in [5.74, 6) is 0. The summed E-state index contributed by atoms with van der Waals surface area (Å²) >= 11 is 1.77. The highest BCUT2D eigenvalue weighted by Gasteiger charge is 2.38. The highest BCUT2D eigenvalue weighted by molar-refractivity contribution is 7.98. The van der Waals surface area contributed by atoms with Crippen LogP contribution < -0.4 is 5.32 Å². The minimum atomic E-state index is 0.0664. The fraction of sp³-hybridized carbons (Fsp3) is 0.455. The van der Waals surface area contributed by atoms with Crippen LogP contribution in [0, 0.1) is 0 Å². The van der Waals surface area contributed by atoms with Crippen molar-refractivity contribution in [3.05, 3.63) is 29.8 Å². The minimum absolute atomic E-state index is 0.0664. The Morgan fingerprint density at radius 2 is 1.93 bits per heavy atom. The van der Waals surface area contributed by atoms with E-state index in [1.807, 2.05) is 7.05 Å². The lowest BCUT2D eigenvalue weighted by Gasteiger charge is -2.41. The van der Waals surface area contributed by atoms with Gasteiger partial charge in [0.05, 0.1) is 18.8 Å². The quantitative estimate of drug-likeness (QED) is 0.768. The smallest absolute Gasteiger partial charge is 0.0906 e. The third kappa shape index (κ3) is 1.56. The highest BCUT2D eigenvalue weighted by Crippen LogP contribution is 2.30. The van der Waals surface area contributed by atoms with Gasteiger partial charge in [0.2, 0.25) is 0 Å². The number of ether oxygens (including phenoxy) is 1. The molecule has 14 heavy (non-hydrogen) atoms. The Morgan fingerprint density at radius 3 is 2.29 bits per heavy atom. The van der Waals surface area contributed by atoms with Crippen molar-refractivity contribution < 1.29 is 4.74 Å². The molecule has 1 aliphatic heterocycles. The third-order valence-corrected chi connectivity index (χ3v) is 3.56. The van der Waals surface area contributed by atoms with Gasteiger partial charge in [-0.1, -0.05) is 12.1 Å². The number of thioether (sulfide) groups is 1. The van der Waals surface area contributed by atoms with Gasteiger partial charge in [-0.15, -0.1) is 11.8 Å². The van der Waals surface area contributed by atoms with E-state index >= 15 is 0 Å². The topological polar surface area (TPSA) is 21.3 Å². The fourth-order valence-electron chi connectivity index (χ4n) is 1.67. The van der Waals surface area contributed by atoms with Crippen molar-refractivity contribution >= 4 is 11.8 Å². The average molecular weight is 209 g/mol. The molecule has 1 aliphatic rings. The summed E-state index contributed by atoms with van der Waals surface area (Å²) in [5.41, 5.74) is 1.39. The van der Waals surface area contributed by atoms with Gasteiger partial charge in [0.1, 0.15) is 0 Å². The number of hydrogen-bond acceptors (Lipinski definition) is 3. The maximum Gasteiger partial charge on any atom is 0.0906 e. The summed E-state index contributed by atoms with van der Waals surface area (Å²) in [6.07, 6.45) is 2.09. The average Bonchev–Trinajstić information content (AvgIpc) is 2.18. The summed E-state index contributed by atoms with van der Waals surface area (Å²) < 4.78 is 5.27. The molecule has 0 aromatic heterocycles. The molecule has 3 heteroatoms. The second-order valence-electron chi connectivity index (χ2n) is 3.55. The van der Waals surface area contributed by atoms with Crippen LogP contribution in [-0.2, 0) is 10.3 Å². The number of nitrogens with one attached hydrogen (secondary N) is 1.